The van der Waals surface area contributed by atoms with Crippen molar-refractivity contribution in [3.8, 4) is 0 Å². The van der Waals surface area contributed by atoms with E-state index in [1.54, 1.807) is 12.3 Å². The molecular formula is C14H11N5O3. The first-order valence-electron chi connectivity index (χ1n) is 6.37. The van der Waals surface area contributed by atoms with Crippen molar-refractivity contribution < 1.29 is 9.72 Å². The molecule has 0 saturated carbocycles. The number of aromatic amines is 1. The molecule has 0 bridgehead atoms. The SMILES string of the molecule is O=C(Nc1ccc([N+](=O)[O-])cc1)Nc1cnc2[nH]ccc2c1. The highest BCUT2D eigenvalue weighted by molar-refractivity contribution is 6.00. The number of pyridine rings is 1. The maximum atomic E-state index is 11.9. The maximum Gasteiger partial charge on any atom is 0.323 e. The zero-order valence-corrected chi connectivity index (χ0v) is 11.2. The highest BCUT2D eigenvalue weighted by atomic mass is 16.6. The summed E-state index contributed by atoms with van der Waals surface area (Å²) in [4.78, 5) is 29.1. The summed E-state index contributed by atoms with van der Waals surface area (Å²) in [7, 11) is 0. The van der Waals surface area contributed by atoms with Crippen LogP contribution in [0.1, 0.15) is 0 Å². The van der Waals surface area contributed by atoms with Crippen molar-refractivity contribution in [2.24, 2.45) is 0 Å². The second-order valence-electron chi connectivity index (χ2n) is 4.52. The molecule has 0 atom stereocenters. The van der Waals surface area contributed by atoms with E-state index in [2.05, 4.69) is 20.6 Å². The van der Waals surface area contributed by atoms with Crippen LogP contribution in [0, 0.1) is 10.1 Å². The van der Waals surface area contributed by atoms with E-state index >= 15 is 0 Å². The third-order valence-electron chi connectivity index (χ3n) is 2.99. The second-order valence-corrected chi connectivity index (χ2v) is 4.52. The molecule has 22 heavy (non-hydrogen) atoms. The number of nitrogens with zero attached hydrogens (tertiary/aromatic N) is 2. The first-order valence-corrected chi connectivity index (χ1v) is 6.37. The number of nitrogens with one attached hydrogen (secondary N) is 3. The second kappa shape index (κ2) is 5.52. The number of nitro groups is 1. The predicted octanol–water partition coefficient (Wildman–Crippen LogP) is 3.12. The van der Waals surface area contributed by atoms with Gasteiger partial charge in [0.15, 0.2) is 0 Å². The van der Waals surface area contributed by atoms with Crippen molar-refractivity contribution in [3.63, 3.8) is 0 Å². The van der Waals surface area contributed by atoms with Crippen molar-refractivity contribution in [1.82, 2.24) is 9.97 Å². The van der Waals surface area contributed by atoms with E-state index in [4.69, 9.17) is 0 Å². The molecule has 8 nitrogen and oxygen atoms in total. The van der Waals surface area contributed by atoms with Crippen LogP contribution < -0.4 is 10.6 Å². The van der Waals surface area contributed by atoms with Crippen LogP contribution in [-0.4, -0.2) is 20.9 Å². The Morgan fingerprint density at radius 1 is 1.14 bits per heavy atom. The van der Waals surface area contributed by atoms with Gasteiger partial charge < -0.3 is 15.6 Å². The molecule has 0 aliphatic rings. The van der Waals surface area contributed by atoms with E-state index in [-0.39, 0.29) is 5.69 Å². The number of nitro benzene ring substituents is 1. The minimum atomic E-state index is -0.498. The Morgan fingerprint density at radius 2 is 1.86 bits per heavy atom. The van der Waals surface area contributed by atoms with E-state index in [1.165, 1.54) is 30.5 Å². The summed E-state index contributed by atoms with van der Waals surface area (Å²) in [5.74, 6) is 0. The van der Waals surface area contributed by atoms with Gasteiger partial charge in [0.2, 0.25) is 0 Å². The Bertz CT molecular complexity index is 841. The zero-order valence-electron chi connectivity index (χ0n) is 11.2. The quantitative estimate of drug-likeness (QED) is 0.509. The molecule has 0 unspecified atom stereocenters. The van der Waals surface area contributed by atoms with Crippen LogP contribution in [0.4, 0.5) is 21.9 Å². The Balaban J connectivity index is 1.67. The van der Waals surface area contributed by atoms with Gasteiger partial charge in [-0.2, -0.15) is 0 Å². The number of urea groups is 1. The van der Waals surface area contributed by atoms with Gasteiger partial charge in [-0.15, -0.1) is 0 Å². The smallest absolute Gasteiger partial charge is 0.323 e. The third-order valence-corrected chi connectivity index (χ3v) is 2.99. The predicted molar refractivity (Wildman–Crippen MR) is 81.8 cm³/mol. The van der Waals surface area contributed by atoms with Gasteiger partial charge in [-0.1, -0.05) is 0 Å². The number of hydrogen-bond donors (Lipinski definition) is 3. The first kappa shape index (κ1) is 13.6. The molecule has 1 aromatic carbocycles. The molecule has 3 aromatic rings. The first-order chi connectivity index (χ1) is 10.6. The summed E-state index contributed by atoms with van der Waals surface area (Å²) in [6, 6.07) is 8.75. The fraction of sp³-hybridized carbons (Fsp3) is 0. The molecule has 110 valence electrons. The molecule has 2 heterocycles. The topological polar surface area (TPSA) is 113 Å². The van der Waals surface area contributed by atoms with Crippen molar-refractivity contribution in [1.29, 1.82) is 0 Å². The van der Waals surface area contributed by atoms with Crippen molar-refractivity contribution in [3.05, 3.63) is 58.9 Å². The standard InChI is InChI=1S/C14H11N5O3/c20-14(17-10-1-3-12(4-2-10)19(21)22)18-11-7-9-5-6-15-13(9)16-8-11/h1-8H,(H,15,16)(H2,17,18,20). The van der Waals surface area contributed by atoms with E-state index < -0.39 is 11.0 Å². The highest BCUT2D eigenvalue weighted by Gasteiger charge is 2.07. The van der Waals surface area contributed by atoms with E-state index in [1.807, 2.05) is 6.07 Å². The molecule has 0 aliphatic heterocycles. The van der Waals surface area contributed by atoms with Crippen LogP contribution in [0.25, 0.3) is 11.0 Å². The van der Waals surface area contributed by atoms with Gasteiger partial charge in [0, 0.05) is 29.4 Å². The average molecular weight is 297 g/mol. The summed E-state index contributed by atoms with van der Waals surface area (Å²) in [5.41, 5.74) is 1.71. The van der Waals surface area contributed by atoms with Crippen LogP contribution >= 0.6 is 0 Å². The molecular weight excluding hydrogens is 286 g/mol. The number of carbonyl (C=O) groups is 1. The highest BCUT2D eigenvalue weighted by Crippen LogP contribution is 2.17. The molecule has 2 amide bonds. The largest absolute Gasteiger partial charge is 0.346 e. The van der Waals surface area contributed by atoms with Crippen LogP contribution in [0.5, 0.6) is 0 Å². The Hall–Kier alpha value is -3.42. The summed E-state index contributed by atoms with van der Waals surface area (Å²) < 4.78 is 0. The maximum absolute atomic E-state index is 11.9. The summed E-state index contributed by atoms with van der Waals surface area (Å²) in [6.07, 6.45) is 3.30. The number of fused-ring (bicyclic) bond motifs is 1. The van der Waals surface area contributed by atoms with Crippen LogP contribution in [0.15, 0.2) is 48.8 Å². The molecule has 0 aliphatic carbocycles. The fourth-order valence-corrected chi connectivity index (χ4v) is 1.97. The van der Waals surface area contributed by atoms with Gasteiger partial charge in [-0.05, 0) is 24.3 Å². The summed E-state index contributed by atoms with van der Waals surface area (Å²) in [6.45, 7) is 0. The number of H-pyrrole nitrogens is 1. The van der Waals surface area contributed by atoms with Gasteiger partial charge in [0.1, 0.15) is 5.65 Å². The molecule has 3 N–H and O–H groups in total. The molecule has 8 heteroatoms. The minimum absolute atomic E-state index is 0.0342. The van der Waals surface area contributed by atoms with E-state index in [0.717, 1.165) is 11.0 Å². The van der Waals surface area contributed by atoms with Crippen molar-refractivity contribution in [2.75, 3.05) is 10.6 Å². The lowest BCUT2D eigenvalue weighted by Crippen LogP contribution is -2.19. The zero-order chi connectivity index (χ0) is 15.5. The van der Waals surface area contributed by atoms with Crippen LogP contribution in [0.2, 0.25) is 0 Å². The number of rotatable bonds is 3. The summed E-state index contributed by atoms with van der Waals surface area (Å²) >= 11 is 0. The molecule has 2 aromatic heterocycles. The fourth-order valence-electron chi connectivity index (χ4n) is 1.97. The van der Waals surface area contributed by atoms with Gasteiger partial charge in [-0.25, -0.2) is 9.78 Å². The number of aromatic nitrogens is 2. The Kier molecular flexibility index (Phi) is 3.40. The third kappa shape index (κ3) is 2.85. The van der Waals surface area contributed by atoms with Crippen LogP contribution in [0.3, 0.4) is 0 Å². The number of anilines is 2. The van der Waals surface area contributed by atoms with Crippen molar-refractivity contribution in [2.45, 2.75) is 0 Å². The Labute approximate surface area is 124 Å². The Morgan fingerprint density at radius 3 is 2.59 bits per heavy atom. The number of amides is 2. The molecule has 0 saturated heterocycles. The molecule has 3 rings (SSSR count). The molecule has 0 fully saturated rings. The number of hydrogen-bond acceptors (Lipinski definition) is 4. The van der Waals surface area contributed by atoms with Gasteiger partial charge in [0.05, 0.1) is 16.8 Å². The van der Waals surface area contributed by atoms with Crippen molar-refractivity contribution >= 4 is 34.1 Å². The number of non-ortho nitro benzene ring substituents is 1. The van der Waals surface area contributed by atoms with Gasteiger partial charge in [-0.3, -0.25) is 10.1 Å². The molecule has 0 spiro atoms. The van der Waals surface area contributed by atoms with E-state index in [0.29, 0.717) is 11.4 Å². The summed E-state index contributed by atoms with van der Waals surface area (Å²) in [5, 5.41) is 16.7. The minimum Gasteiger partial charge on any atom is -0.346 e. The monoisotopic (exact) mass is 297 g/mol. The number of carbonyl (C=O) groups excluding carboxylic acids is 1. The van der Waals surface area contributed by atoms with Gasteiger partial charge in [0.25, 0.3) is 5.69 Å². The average Bonchev–Trinajstić information content (AvgIpc) is 2.95. The number of benzene rings is 1. The van der Waals surface area contributed by atoms with Crippen LogP contribution in [-0.2, 0) is 0 Å². The lowest BCUT2D eigenvalue weighted by Gasteiger charge is -2.07. The van der Waals surface area contributed by atoms with E-state index in [9.17, 15) is 14.9 Å². The lowest BCUT2D eigenvalue weighted by atomic mass is 10.3. The normalized spacial score (nSPS) is 10.4. The van der Waals surface area contributed by atoms with Gasteiger partial charge >= 0.3 is 6.03 Å². The lowest BCUT2D eigenvalue weighted by molar-refractivity contribution is -0.384. The molecule has 0 radical (unpaired) electrons.